The second kappa shape index (κ2) is 7.54. The van der Waals surface area contributed by atoms with Crippen LogP contribution in [0.1, 0.15) is 32.8 Å². The van der Waals surface area contributed by atoms with Crippen molar-refractivity contribution in [3.05, 3.63) is 34.1 Å². The molecule has 2 N–H and O–H groups in total. The van der Waals surface area contributed by atoms with Crippen molar-refractivity contribution in [2.24, 2.45) is 5.41 Å². The Bertz CT molecular complexity index is 527. The van der Waals surface area contributed by atoms with Gasteiger partial charge in [0.05, 0.1) is 0 Å². The van der Waals surface area contributed by atoms with Crippen LogP contribution in [0.4, 0.5) is 4.39 Å². The summed E-state index contributed by atoms with van der Waals surface area (Å²) in [5.74, 6) is -0.636. The molecule has 0 fully saturated rings. The molecule has 0 aliphatic carbocycles. The van der Waals surface area contributed by atoms with E-state index in [4.69, 9.17) is 0 Å². The van der Waals surface area contributed by atoms with Crippen LogP contribution in [-0.4, -0.2) is 18.4 Å². The zero-order chi connectivity index (χ0) is 16.0. The number of hydrogen-bond acceptors (Lipinski definition) is 2. The fourth-order valence-electron chi connectivity index (χ4n) is 1.52. The van der Waals surface area contributed by atoms with Gasteiger partial charge in [-0.15, -0.1) is 0 Å². The van der Waals surface area contributed by atoms with E-state index in [1.165, 1.54) is 12.1 Å². The fourth-order valence-corrected chi connectivity index (χ4v) is 1.90. The van der Waals surface area contributed by atoms with Crippen molar-refractivity contribution >= 4 is 27.7 Å². The van der Waals surface area contributed by atoms with Crippen LogP contribution in [0.3, 0.4) is 0 Å². The molecule has 2 amide bonds. The molecule has 1 aromatic rings. The third kappa shape index (κ3) is 6.25. The maximum atomic E-state index is 13.1. The van der Waals surface area contributed by atoms with Gasteiger partial charge >= 0.3 is 0 Å². The van der Waals surface area contributed by atoms with E-state index in [0.29, 0.717) is 5.56 Å². The van der Waals surface area contributed by atoms with Crippen molar-refractivity contribution in [2.75, 3.05) is 6.54 Å². The second-order valence-electron chi connectivity index (χ2n) is 5.77. The van der Waals surface area contributed by atoms with Gasteiger partial charge in [0.25, 0.3) is 0 Å². The Balaban J connectivity index is 2.35. The minimum absolute atomic E-state index is 0.0943. The Morgan fingerprint density at radius 3 is 2.52 bits per heavy atom. The summed E-state index contributed by atoms with van der Waals surface area (Å²) in [6, 6.07) is 4.31. The molecule has 1 aromatic carbocycles. The Labute approximate surface area is 132 Å². The van der Waals surface area contributed by atoms with Crippen molar-refractivity contribution < 1.29 is 14.0 Å². The molecule has 0 heterocycles. The lowest BCUT2D eigenvalue weighted by Gasteiger charge is -2.17. The summed E-state index contributed by atoms with van der Waals surface area (Å²) in [6.07, 6.45) is 0.189. The van der Waals surface area contributed by atoms with E-state index in [1.807, 2.05) is 20.8 Å². The highest BCUT2D eigenvalue weighted by molar-refractivity contribution is 9.10. The highest BCUT2D eigenvalue weighted by atomic mass is 79.9. The molecule has 6 heteroatoms. The summed E-state index contributed by atoms with van der Waals surface area (Å²) in [7, 11) is 0. The van der Waals surface area contributed by atoms with Gasteiger partial charge in [-0.1, -0.05) is 36.7 Å². The van der Waals surface area contributed by atoms with E-state index in [9.17, 15) is 14.0 Å². The summed E-state index contributed by atoms with van der Waals surface area (Å²) in [5.41, 5.74) is 0.199. The maximum absolute atomic E-state index is 13.1. The molecule has 0 spiro atoms. The molecule has 1 rings (SSSR count). The molecule has 0 bridgehead atoms. The quantitative estimate of drug-likeness (QED) is 0.850. The molecule has 0 atom stereocenters. The molecule has 0 saturated carbocycles. The van der Waals surface area contributed by atoms with Crippen LogP contribution < -0.4 is 10.6 Å². The predicted octanol–water partition coefficient (Wildman–Crippen LogP) is 2.76. The fraction of sp³-hybridized carbons (Fsp3) is 0.467. The van der Waals surface area contributed by atoms with Gasteiger partial charge in [-0.05, 0) is 23.8 Å². The number of halogens is 2. The number of rotatable bonds is 5. The lowest BCUT2D eigenvalue weighted by atomic mass is 9.96. The minimum atomic E-state index is -0.469. The van der Waals surface area contributed by atoms with Crippen molar-refractivity contribution in [3.8, 4) is 0 Å². The molecule has 21 heavy (non-hydrogen) atoms. The summed E-state index contributed by atoms with van der Waals surface area (Å²) in [6.45, 7) is 5.95. The van der Waals surface area contributed by atoms with Gasteiger partial charge in [0.15, 0.2) is 0 Å². The second-order valence-corrected chi connectivity index (χ2v) is 6.62. The number of carbonyl (C=O) groups excluding carboxylic acids is 2. The first-order chi connectivity index (χ1) is 9.70. The van der Waals surface area contributed by atoms with Crippen molar-refractivity contribution in [3.63, 3.8) is 0 Å². The Morgan fingerprint density at radius 2 is 1.90 bits per heavy atom. The summed E-state index contributed by atoms with van der Waals surface area (Å²) >= 11 is 3.30. The number of carbonyl (C=O) groups is 2. The summed E-state index contributed by atoms with van der Waals surface area (Å²) in [4.78, 5) is 23.3. The molecule has 0 radical (unpaired) electrons. The molecular weight excluding hydrogens is 339 g/mol. The highest BCUT2D eigenvalue weighted by Crippen LogP contribution is 2.17. The van der Waals surface area contributed by atoms with Crippen LogP contribution >= 0.6 is 15.9 Å². The van der Waals surface area contributed by atoms with Gasteiger partial charge in [-0.3, -0.25) is 9.59 Å². The SMILES string of the molecule is CC(C)(C)C(=O)NCCC(=O)NCc1cc(F)ccc1Br. The Kier molecular flexibility index (Phi) is 6.33. The first-order valence-electron chi connectivity index (χ1n) is 6.69. The zero-order valence-corrected chi connectivity index (χ0v) is 14.0. The Morgan fingerprint density at radius 1 is 1.24 bits per heavy atom. The van der Waals surface area contributed by atoms with Crippen LogP contribution in [0.2, 0.25) is 0 Å². The molecular formula is C15H20BrFN2O2. The summed E-state index contributed by atoms with van der Waals surface area (Å²) in [5, 5.41) is 5.40. The van der Waals surface area contributed by atoms with Crippen molar-refractivity contribution in [2.45, 2.75) is 33.7 Å². The van der Waals surface area contributed by atoms with Gasteiger partial charge in [-0.25, -0.2) is 4.39 Å². The minimum Gasteiger partial charge on any atom is -0.355 e. The number of benzene rings is 1. The van der Waals surface area contributed by atoms with E-state index >= 15 is 0 Å². The topological polar surface area (TPSA) is 58.2 Å². The highest BCUT2D eigenvalue weighted by Gasteiger charge is 2.20. The monoisotopic (exact) mass is 358 g/mol. The van der Waals surface area contributed by atoms with Gasteiger partial charge in [0.1, 0.15) is 5.82 Å². The maximum Gasteiger partial charge on any atom is 0.225 e. The molecule has 0 unspecified atom stereocenters. The number of nitrogens with one attached hydrogen (secondary N) is 2. The van der Waals surface area contributed by atoms with Crippen LogP contribution in [-0.2, 0) is 16.1 Å². The van der Waals surface area contributed by atoms with Crippen LogP contribution in [0.5, 0.6) is 0 Å². The van der Waals surface area contributed by atoms with Crippen LogP contribution in [0.15, 0.2) is 22.7 Å². The van der Waals surface area contributed by atoms with Gasteiger partial charge in [0, 0.05) is 29.4 Å². The van der Waals surface area contributed by atoms with Crippen LogP contribution in [0.25, 0.3) is 0 Å². The zero-order valence-electron chi connectivity index (χ0n) is 12.4. The van der Waals surface area contributed by atoms with E-state index < -0.39 is 5.41 Å². The van der Waals surface area contributed by atoms with Crippen molar-refractivity contribution in [1.29, 1.82) is 0 Å². The van der Waals surface area contributed by atoms with Gasteiger partial charge in [-0.2, -0.15) is 0 Å². The number of amides is 2. The first-order valence-corrected chi connectivity index (χ1v) is 7.48. The predicted molar refractivity (Wildman–Crippen MR) is 83.0 cm³/mol. The Hall–Kier alpha value is -1.43. The van der Waals surface area contributed by atoms with Gasteiger partial charge in [0.2, 0.25) is 11.8 Å². The molecule has 0 aliphatic heterocycles. The molecule has 4 nitrogen and oxygen atoms in total. The number of hydrogen-bond donors (Lipinski definition) is 2. The third-order valence-electron chi connectivity index (χ3n) is 2.80. The van der Waals surface area contributed by atoms with Gasteiger partial charge < -0.3 is 10.6 Å². The average Bonchev–Trinajstić information content (AvgIpc) is 2.38. The summed E-state index contributed by atoms with van der Waals surface area (Å²) < 4.78 is 13.8. The van der Waals surface area contributed by atoms with E-state index in [2.05, 4.69) is 26.6 Å². The van der Waals surface area contributed by atoms with E-state index in [1.54, 1.807) is 6.07 Å². The average molecular weight is 359 g/mol. The standard InChI is InChI=1S/C15H20BrFN2O2/c1-15(2,3)14(21)18-7-6-13(20)19-9-10-8-11(17)4-5-12(10)16/h4-5,8H,6-7,9H2,1-3H3,(H,18,21)(H,19,20). The normalized spacial score (nSPS) is 11.1. The molecule has 0 aliphatic rings. The molecule has 0 saturated heterocycles. The lowest BCUT2D eigenvalue weighted by Crippen LogP contribution is -2.37. The first kappa shape index (κ1) is 17.6. The third-order valence-corrected chi connectivity index (χ3v) is 3.58. The molecule has 116 valence electrons. The lowest BCUT2D eigenvalue weighted by molar-refractivity contribution is -0.128. The van der Waals surface area contributed by atoms with Crippen molar-refractivity contribution in [1.82, 2.24) is 10.6 Å². The smallest absolute Gasteiger partial charge is 0.225 e. The largest absolute Gasteiger partial charge is 0.355 e. The van der Waals surface area contributed by atoms with Crippen LogP contribution in [0, 0.1) is 11.2 Å². The molecule has 0 aromatic heterocycles. The van der Waals surface area contributed by atoms with E-state index in [-0.39, 0.29) is 37.1 Å². The van der Waals surface area contributed by atoms with E-state index in [0.717, 1.165) is 4.47 Å².